The molecular weight excluding hydrogens is 324 g/mol. The maximum atomic E-state index is 12.3. The maximum absolute atomic E-state index is 12.3. The van der Waals surface area contributed by atoms with Crippen molar-refractivity contribution in [2.75, 3.05) is 17.2 Å². The topological polar surface area (TPSA) is 66.9 Å². The summed E-state index contributed by atoms with van der Waals surface area (Å²) in [5.41, 5.74) is 3.56. The molecule has 0 aliphatic heterocycles. The summed E-state index contributed by atoms with van der Waals surface area (Å²) < 4.78 is 0. The Balaban J connectivity index is 1.48. The lowest BCUT2D eigenvalue weighted by molar-refractivity contribution is 0.102. The summed E-state index contributed by atoms with van der Waals surface area (Å²) in [5.74, 6) is 0.320. The number of benzene rings is 2. The molecule has 0 radical (unpaired) electrons. The number of carbonyl (C=O) groups is 1. The van der Waals surface area contributed by atoms with Crippen LogP contribution in [0.15, 0.2) is 67.0 Å². The number of anilines is 2. The normalized spacial score (nSPS) is 10.3. The Kier molecular flexibility index (Phi) is 5.93. The van der Waals surface area contributed by atoms with Crippen LogP contribution in [-0.2, 0) is 6.42 Å². The van der Waals surface area contributed by atoms with Gasteiger partial charge in [0.15, 0.2) is 0 Å². The molecule has 1 heterocycles. The third-order valence-corrected chi connectivity index (χ3v) is 4.08. The monoisotopic (exact) mass is 346 g/mol. The van der Waals surface area contributed by atoms with Crippen LogP contribution < -0.4 is 10.6 Å². The van der Waals surface area contributed by atoms with Gasteiger partial charge in [0, 0.05) is 24.6 Å². The number of aromatic nitrogens is 2. The molecule has 0 bridgehead atoms. The van der Waals surface area contributed by atoms with Gasteiger partial charge in [-0.1, -0.05) is 48.5 Å². The molecule has 2 N–H and O–H groups in total. The molecule has 3 aromatic rings. The lowest BCUT2D eigenvalue weighted by Gasteiger charge is -2.08. The molecule has 2 aromatic carbocycles. The van der Waals surface area contributed by atoms with Crippen molar-refractivity contribution >= 4 is 17.5 Å². The lowest BCUT2D eigenvalue weighted by atomic mass is 10.1. The fourth-order valence-electron chi connectivity index (χ4n) is 2.58. The van der Waals surface area contributed by atoms with E-state index in [4.69, 9.17) is 0 Å². The SMILES string of the molecule is Cc1ccccc1NC(=O)c1cnc(NCCCc2ccccc2)nc1. The van der Waals surface area contributed by atoms with E-state index < -0.39 is 0 Å². The number of para-hydroxylation sites is 1. The van der Waals surface area contributed by atoms with Gasteiger partial charge in [0.25, 0.3) is 5.91 Å². The standard InChI is InChI=1S/C21H22N4O/c1-16-8-5-6-12-19(16)25-20(26)18-14-23-21(24-15-18)22-13-7-11-17-9-3-2-4-10-17/h2-6,8-10,12,14-15H,7,11,13H2,1H3,(H,25,26)(H,22,23,24). The molecule has 1 amide bonds. The number of hydrogen-bond donors (Lipinski definition) is 2. The van der Waals surface area contributed by atoms with Gasteiger partial charge in [0.05, 0.1) is 5.56 Å². The van der Waals surface area contributed by atoms with Gasteiger partial charge < -0.3 is 10.6 Å². The van der Waals surface area contributed by atoms with Gasteiger partial charge in [-0.2, -0.15) is 0 Å². The summed E-state index contributed by atoms with van der Waals surface area (Å²) in [6.07, 6.45) is 5.08. The second-order valence-electron chi connectivity index (χ2n) is 6.08. The fourth-order valence-corrected chi connectivity index (χ4v) is 2.58. The van der Waals surface area contributed by atoms with Crippen LogP contribution in [0.4, 0.5) is 11.6 Å². The first kappa shape index (κ1) is 17.6. The van der Waals surface area contributed by atoms with E-state index in [1.54, 1.807) is 12.4 Å². The third kappa shape index (κ3) is 4.89. The lowest BCUT2D eigenvalue weighted by Crippen LogP contribution is -2.14. The Bertz CT molecular complexity index is 847. The van der Waals surface area contributed by atoms with Crippen molar-refractivity contribution in [3.05, 3.63) is 83.7 Å². The molecule has 0 unspecified atom stereocenters. The quantitative estimate of drug-likeness (QED) is 0.633. The minimum absolute atomic E-state index is 0.213. The number of aryl methyl sites for hydroxylation is 2. The maximum Gasteiger partial charge on any atom is 0.258 e. The van der Waals surface area contributed by atoms with Crippen molar-refractivity contribution < 1.29 is 4.79 Å². The van der Waals surface area contributed by atoms with E-state index in [1.165, 1.54) is 5.56 Å². The van der Waals surface area contributed by atoms with Crippen LogP contribution in [-0.4, -0.2) is 22.4 Å². The van der Waals surface area contributed by atoms with Gasteiger partial charge in [-0.25, -0.2) is 9.97 Å². The molecule has 0 atom stereocenters. The first-order valence-electron chi connectivity index (χ1n) is 8.69. The zero-order chi connectivity index (χ0) is 18.2. The largest absolute Gasteiger partial charge is 0.354 e. The highest BCUT2D eigenvalue weighted by atomic mass is 16.1. The van der Waals surface area contributed by atoms with Crippen molar-refractivity contribution in [1.29, 1.82) is 0 Å². The number of amides is 1. The van der Waals surface area contributed by atoms with Gasteiger partial charge in [0.2, 0.25) is 5.95 Å². The first-order valence-corrected chi connectivity index (χ1v) is 8.69. The van der Waals surface area contributed by atoms with Crippen LogP contribution in [0.2, 0.25) is 0 Å². The second kappa shape index (κ2) is 8.76. The molecule has 1 aromatic heterocycles. The Morgan fingerprint density at radius 3 is 2.38 bits per heavy atom. The zero-order valence-corrected chi connectivity index (χ0v) is 14.8. The molecule has 5 heteroatoms. The summed E-state index contributed by atoms with van der Waals surface area (Å²) in [6.45, 7) is 2.73. The van der Waals surface area contributed by atoms with Crippen molar-refractivity contribution in [2.45, 2.75) is 19.8 Å². The minimum Gasteiger partial charge on any atom is -0.354 e. The van der Waals surface area contributed by atoms with E-state index in [-0.39, 0.29) is 5.91 Å². The van der Waals surface area contributed by atoms with Crippen molar-refractivity contribution in [1.82, 2.24) is 9.97 Å². The first-order chi connectivity index (χ1) is 12.7. The number of nitrogens with one attached hydrogen (secondary N) is 2. The fraction of sp³-hybridized carbons (Fsp3) is 0.190. The third-order valence-electron chi connectivity index (χ3n) is 4.08. The van der Waals surface area contributed by atoms with Gasteiger partial charge in [-0.3, -0.25) is 4.79 Å². The number of rotatable bonds is 7. The summed E-state index contributed by atoms with van der Waals surface area (Å²) in [6, 6.07) is 18.0. The van der Waals surface area contributed by atoms with Crippen molar-refractivity contribution in [2.24, 2.45) is 0 Å². The number of nitrogens with zero attached hydrogens (tertiary/aromatic N) is 2. The molecule has 132 valence electrons. The highest BCUT2D eigenvalue weighted by Gasteiger charge is 2.08. The molecule has 3 rings (SSSR count). The van der Waals surface area contributed by atoms with Crippen molar-refractivity contribution in [3.63, 3.8) is 0 Å². The van der Waals surface area contributed by atoms with E-state index in [9.17, 15) is 4.79 Å². The van der Waals surface area contributed by atoms with Crippen LogP contribution in [0.25, 0.3) is 0 Å². The Morgan fingerprint density at radius 1 is 0.962 bits per heavy atom. The molecular formula is C21H22N4O. The van der Waals surface area contributed by atoms with E-state index >= 15 is 0 Å². The van der Waals surface area contributed by atoms with Crippen LogP contribution in [0.5, 0.6) is 0 Å². The molecule has 5 nitrogen and oxygen atoms in total. The molecule has 0 aliphatic rings. The molecule has 26 heavy (non-hydrogen) atoms. The average Bonchev–Trinajstić information content (AvgIpc) is 2.68. The van der Waals surface area contributed by atoms with Crippen LogP contribution in [0.1, 0.15) is 27.9 Å². The number of carbonyl (C=O) groups excluding carboxylic acids is 1. The Labute approximate surface area is 153 Å². The number of hydrogen-bond acceptors (Lipinski definition) is 4. The van der Waals surface area contributed by atoms with Gasteiger partial charge in [0.1, 0.15) is 0 Å². The van der Waals surface area contributed by atoms with E-state index in [0.29, 0.717) is 11.5 Å². The van der Waals surface area contributed by atoms with Crippen LogP contribution in [0.3, 0.4) is 0 Å². The highest BCUT2D eigenvalue weighted by molar-refractivity contribution is 6.04. The van der Waals surface area contributed by atoms with Crippen LogP contribution in [0, 0.1) is 6.92 Å². The Morgan fingerprint density at radius 2 is 1.65 bits per heavy atom. The molecule has 0 saturated carbocycles. The second-order valence-corrected chi connectivity index (χ2v) is 6.08. The van der Waals surface area contributed by atoms with Crippen LogP contribution >= 0.6 is 0 Å². The zero-order valence-electron chi connectivity index (χ0n) is 14.8. The summed E-state index contributed by atoms with van der Waals surface area (Å²) in [4.78, 5) is 20.7. The molecule has 0 spiro atoms. The van der Waals surface area contributed by atoms with E-state index in [2.05, 4.69) is 32.7 Å². The predicted octanol–water partition coefficient (Wildman–Crippen LogP) is 4.08. The molecule has 0 aliphatic carbocycles. The summed E-state index contributed by atoms with van der Waals surface area (Å²) in [7, 11) is 0. The molecule has 0 saturated heterocycles. The Hall–Kier alpha value is -3.21. The smallest absolute Gasteiger partial charge is 0.258 e. The van der Waals surface area contributed by atoms with Gasteiger partial charge >= 0.3 is 0 Å². The van der Waals surface area contributed by atoms with E-state index in [1.807, 2.05) is 49.4 Å². The summed E-state index contributed by atoms with van der Waals surface area (Å²) in [5, 5.41) is 6.06. The summed E-state index contributed by atoms with van der Waals surface area (Å²) >= 11 is 0. The highest BCUT2D eigenvalue weighted by Crippen LogP contribution is 2.14. The minimum atomic E-state index is -0.213. The van der Waals surface area contributed by atoms with Gasteiger partial charge in [-0.15, -0.1) is 0 Å². The van der Waals surface area contributed by atoms with Gasteiger partial charge in [-0.05, 0) is 37.0 Å². The predicted molar refractivity (Wildman–Crippen MR) is 104 cm³/mol. The average molecular weight is 346 g/mol. The molecule has 0 fully saturated rings. The van der Waals surface area contributed by atoms with E-state index in [0.717, 1.165) is 30.6 Å². The van der Waals surface area contributed by atoms with Crippen molar-refractivity contribution in [3.8, 4) is 0 Å².